The molecule has 0 saturated heterocycles. The lowest BCUT2D eigenvalue weighted by molar-refractivity contribution is 0.258. The molecule has 0 atom stereocenters. The van der Waals surface area contributed by atoms with Crippen molar-refractivity contribution in [1.29, 1.82) is 0 Å². The van der Waals surface area contributed by atoms with Gasteiger partial charge in [-0.15, -0.1) is 0 Å². The van der Waals surface area contributed by atoms with Gasteiger partial charge in [-0.05, 0) is 68.5 Å². The van der Waals surface area contributed by atoms with E-state index in [0.29, 0.717) is 34.5 Å². The number of carbonyl (C=O) groups excluding carboxylic acids is 1. The van der Waals surface area contributed by atoms with E-state index in [1.54, 1.807) is 43.7 Å². The second-order valence-corrected chi connectivity index (χ2v) is 8.75. The van der Waals surface area contributed by atoms with Crippen LogP contribution in [0.5, 0.6) is 5.88 Å². The third kappa shape index (κ3) is 6.44. The van der Waals surface area contributed by atoms with E-state index in [2.05, 4.69) is 25.2 Å². The maximum Gasteiger partial charge on any atom is 0.327 e. The van der Waals surface area contributed by atoms with Crippen LogP contribution in [0.25, 0.3) is 22.2 Å². The summed E-state index contributed by atoms with van der Waals surface area (Å²) in [5, 5.41) is 3.42. The highest BCUT2D eigenvalue weighted by atomic mass is 35.5. The van der Waals surface area contributed by atoms with Crippen LogP contribution in [0, 0.1) is 0 Å². The number of urea groups is 1. The summed E-state index contributed by atoms with van der Waals surface area (Å²) in [5.74, 6) is 1.03. The van der Waals surface area contributed by atoms with Crippen molar-refractivity contribution in [1.82, 2.24) is 19.9 Å². The molecule has 8 nitrogen and oxygen atoms in total. The fourth-order valence-electron chi connectivity index (χ4n) is 3.38. The van der Waals surface area contributed by atoms with Crippen LogP contribution in [0.4, 0.5) is 16.3 Å². The lowest BCUT2D eigenvalue weighted by Crippen LogP contribution is -2.31. The van der Waals surface area contributed by atoms with Crippen molar-refractivity contribution in [3.05, 3.63) is 72.0 Å². The summed E-state index contributed by atoms with van der Waals surface area (Å²) < 4.78 is 5.72. The van der Waals surface area contributed by atoms with Gasteiger partial charge in [0.15, 0.2) is 5.82 Å². The number of pyridine rings is 1. The van der Waals surface area contributed by atoms with Crippen LogP contribution in [-0.4, -0.2) is 60.2 Å². The lowest BCUT2D eigenvalue weighted by atomic mass is 10.1. The quantitative estimate of drug-likeness (QED) is 0.335. The van der Waals surface area contributed by atoms with Crippen LogP contribution in [0.2, 0.25) is 5.02 Å². The van der Waals surface area contributed by atoms with E-state index in [1.807, 2.05) is 44.4 Å². The Morgan fingerprint density at radius 2 is 1.71 bits per heavy atom. The second-order valence-electron chi connectivity index (χ2n) is 8.32. The Labute approximate surface area is 209 Å². The largest absolute Gasteiger partial charge is 0.478 e. The van der Waals surface area contributed by atoms with Gasteiger partial charge in [0.05, 0.1) is 23.8 Å². The molecule has 0 aliphatic heterocycles. The third-order valence-electron chi connectivity index (χ3n) is 5.34. The molecular formula is C26H27ClN6O2. The number of nitrogens with one attached hydrogen (secondary N) is 1. The highest BCUT2D eigenvalue weighted by molar-refractivity contribution is 6.30. The summed E-state index contributed by atoms with van der Waals surface area (Å²) in [7, 11) is 5.72. The maximum atomic E-state index is 12.7. The number of carbonyl (C=O) groups is 1. The summed E-state index contributed by atoms with van der Waals surface area (Å²) in [6.07, 6.45) is 4.30. The molecule has 0 spiro atoms. The van der Waals surface area contributed by atoms with Crippen molar-refractivity contribution in [3.8, 4) is 17.0 Å². The van der Waals surface area contributed by atoms with Gasteiger partial charge in [-0.2, -0.15) is 0 Å². The van der Waals surface area contributed by atoms with Gasteiger partial charge in [0.1, 0.15) is 0 Å². The number of halogens is 1. The van der Waals surface area contributed by atoms with Crippen LogP contribution in [0.3, 0.4) is 0 Å². The Bertz CT molecular complexity index is 1300. The maximum absolute atomic E-state index is 12.7. The minimum Gasteiger partial charge on any atom is -0.478 e. The molecule has 0 bridgehead atoms. The number of fused-ring (bicyclic) bond motifs is 1. The molecule has 0 fully saturated rings. The molecule has 35 heavy (non-hydrogen) atoms. The number of benzene rings is 2. The standard InChI is InChI=1S/C26H27ClN6O2/c1-32(2)13-4-14-35-25-12-6-19(16-29-25)18-5-11-22-23(15-18)31-24(17-28-22)33(3)26(34)30-21-9-7-20(27)8-10-21/h5-12,15-17H,4,13-14H2,1-3H3,(H,30,34). The van der Waals surface area contributed by atoms with Crippen LogP contribution in [0.15, 0.2) is 67.0 Å². The first-order valence-electron chi connectivity index (χ1n) is 11.2. The first-order valence-corrected chi connectivity index (χ1v) is 11.6. The molecule has 2 amide bonds. The predicted molar refractivity (Wildman–Crippen MR) is 140 cm³/mol. The van der Waals surface area contributed by atoms with Crippen molar-refractivity contribution in [2.45, 2.75) is 6.42 Å². The van der Waals surface area contributed by atoms with Crippen molar-refractivity contribution >= 4 is 40.2 Å². The average Bonchev–Trinajstić information content (AvgIpc) is 2.87. The molecule has 2 heterocycles. The lowest BCUT2D eigenvalue weighted by Gasteiger charge is -2.17. The zero-order valence-electron chi connectivity index (χ0n) is 19.9. The molecule has 0 saturated carbocycles. The van der Waals surface area contributed by atoms with Crippen molar-refractivity contribution < 1.29 is 9.53 Å². The SMILES string of the molecule is CN(C)CCCOc1ccc(-c2ccc3ncc(N(C)C(=O)Nc4ccc(Cl)cc4)nc3c2)cn1. The van der Waals surface area contributed by atoms with Crippen LogP contribution < -0.4 is 15.0 Å². The van der Waals surface area contributed by atoms with Crippen molar-refractivity contribution in [2.75, 3.05) is 44.5 Å². The molecule has 9 heteroatoms. The van der Waals surface area contributed by atoms with E-state index in [0.717, 1.165) is 29.6 Å². The highest BCUT2D eigenvalue weighted by Crippen LogP contribution is 2.25. The van der Waals surface area contributed by atoms with Gasteiger partial charge < -0.3 is 15.0 Å². The number of anilines is 2. The molecule has 0 unspecified atom stereocenters. The van der Waals surface area contributed by atoms with Gasteiger partial charge in [-0.3, -0.25) is 9.88 Å². The van der Waals surface area contributed by atoms with E-state index in [4.69, 9.17) is 16.3 Å². The first kappa shape index (κ1) is 24.4. The Morgan fingerprint density at radius 1 is 0.943 bits per heavy atom. The molecule has 4 aromatic rings. The second kappa shape index (κ2) is 11.1. The summed E-state index contributed by atoms with van der Waals surface area (Å²) in [6, 6.07) is 16.2. The Morgan fingerprint density at radius 3 is 2.43 bits per heavy atom. The van der Waals surface area contributed by atoms with E-state index in [1.165, 1.54) is 4.90 Å². The molecule has 4 rings (SSSR count). The average molecular weight is 491 g/mol. The smallest absolute Gasteiger partial charge is 0.327 e. The fourth-order valence-corrected chi connectivity index (χ4v) is 3.51. The number of aromatic nitrogens is 3. The number of nitrogens with zero attached hydrogens (tertiary/aromatic N) is 5. The van der Waals surface area contributed by atoms with Crippen molar-refractivity contribution in [2.24, 2.45) is 0 Å². The van der Waals surface area contributed by atoms with Crippen LogP contribution in [0.1, 0.15) is 6.42 Å². The molecule has 2 aromatic heterocycles. The molecule has 0 radical (unpaired) electrons. The van der Waals surface area contributed by atoms with Crippen LogP contribution in [-0.2, 0) is 0 Å². The number of hydrogen-bond acceptors (Lipinski definition) is 6. The van der Waals surface area contributed by atoms with Crippen LogP contribution >= 0.6 is 11.6 Å². The van der Waals surface area contributed by atoms with Gasteiger partial charge >= 0.3 is 6.03 Å². The number of rotatable bonds is 8. The summed E-state index contributed by atoms with van der Waals surface area (Å²) in [5.41, 5.74) is 3.94. The summed E-state index contributed by atoms with van der Waals surface area (Å²) >= 11 is 5.91. The minimum atomic E-state index is -0.331. The van der Waals surface area contributed by atoms with Gasteiger partial charge in [-0.25, -0.2) is 14.8 Å². The topological polar surface area (TPSA) is 83.5 Å². The molecule has 1 N–H and O–H groups in total. The monoisotopic (exact) mass is 490 g/mol. The summed E-state index contributed by atoms with van der Waals surface area (Å²) in [4.78, 5) is 29.8. The summed E-state index contributed by atoms with van der Waals surface area (Å²) in [6.45, 7) is 1.59. The Balaban J connectivity index is 1.46. The molecule has 180 valence electrons. The number of amides is 2. The normalized spacial score (nSPS) is 11.0. The predicted octanol–water partition coefficient (Wildman–Crippen LogP) is 5.34. The third-order valence-corrected chi connectivity index (χ3v) is 5.59. The van der Waals surface area contributed by atoms with E-state index in [9.17, 15) is 4.79 Å². The zero-order chi connectivity index (χ0) is 24.8. The van der Waals surface area contributed by atoms with Gasteiger partial charge in [-0.1, -0.05) is 17.7 Å². The highest BCUT2D eigenvalue weighted by Gasteiger charge is 2.14. The van der Waals surface area contributed by atoms with Gasteiger partial charge in [0.2, 0.25) is 5.88 Å². The Hall–Kier alpha value is -3.75. The molecule has 0 aliphatic rings. The fraction of sp³-hybridized carbons (Fsp3) is 0.231. The number of ether oxygens (including phenoxy) is 1. The molecular weight excluding hydrogens is 464 g/mol. The van der Waals surface area contributed by atoms with Crippen molar-refractivity contribution in [3.63, 3.8) is 0 Å². The number of hydrogen-bond donors (Lipinski definition) is 1. The zero-order valence-corrected chi connectivity index (χ0v) is 20.7. The first-order chi connectivity index (χ1) is 16.9. The van der Waals surface area contributed by atoms with E-state index in [-0.39, 0.29) is 6.03 Å². The molecule has 2 aromatic carbocycles. The van der Waals surface area contributed by atoms with Gasteiger partial charge in [0.25, 0.3) is 0 Å². The molecule has 0 aliphatic carbocycles. The minimum absolute atomic E-state index is 0.331. The van der Waals surface area contributed by atoms with E-state index < -0.39 is 0 Å². The Kier molecular flexibility index (Phi) is 7.74. The van der Waals surface area contributed by atoms with Gasteiger partial charge in [0, 0.05) is 42.1 Å². The van der Waals surface area contributed by atoms with E-state index >= 15 is 0 Å².